The van der Waals surface area contributed by atoms with Crippen LogP contribution in [0.1, 0.15) is 35.8 Å². The normalized spacial score (nSPS) is 16.6. The number of rotatable bonds is 5. The quantitative estimate of drug-likeness (QED) is 0.643. The molecule has 136 valence electrons. The average molecular weight is 369 g/mol. The van der Waals surface area contributed by atoms with E-state index in [0.717, 1.165) is 41.6 Å². The summed E-state index contributed by atoms with van der Waals surface area (Å²) in [4.78, 5) is 15.0. The van der Waals surface area contributed by atoms with E-state index < -0.39 is 0 Å². The minimum absolute atomic E-state index is 0.00242. The third-order valence-corrected chi connectivity index (χ3v) is 6.13. The van der Waals surface area contributed by atoms with Gasteiger partial charge in [-0.25, -0.2) is 4.68 Å². The van der Waals surface area contributed by atoms with E-state index in [1.54, 1.807) is 11.3 Å². The zero-order valence-electron chi connectivity index (χ0n) is 15.2. The molecular formula is C20H23N3O2S. The molecule has 1 atom stereocenters. The second kappa shape index (κ2) is 7.19. The highest BCUT2D eigenvalue weighted by Gasteiger charge is 2.23. The highest BCUT2D eigenvalue weighted by atomic mass is 32.1. The lowest BCUT2D eigenvalue weighted by molar-refractivity contribution is 0.296. The molecule has 4 rings (SSSR count). The third-order valence-electron chi connectivity index (χ3n) is 4.99. The highest BCUT2D eigenvalue weighted by Crippen LogP contribution is 2.35. The Hall–Kier alpha value is -2.21. The van der Waals surface area contributed by atoms with Crippen LogP contribution in [0.5, 0.6) is 5.75 Å². The Labute approximate surface area is 156 Å². The van der Waals surface area contributed by atoms with Crippen molar-refractivity contribution in [3.63, 3.8) is 0 Å². The van der Waals surface area contributed by atoms with Crippen LogP contribution in [0.3, 0.4) is 0 Å². The maximum absolute atomic E-state index is 12.9. The molecule has 0 N–H and O–H groups in total. The van der Waals surface area contributed by atoms with Gasteiger partial charge in [0.25, 0.3) is 5.56 Å². The number of benzene rings is 1. The molecular weight excluding hydrogens is 346 g/mol. The van der Waals surface area contributed by atoms with Crippen molar-refractivity contribution in [1.29, 1.82) is 0 Å². The van der Waals surface area contributed by atoms with Gasteiger partial charge >= 0.3 is 0 Å². The molecule has 6 heteroatoms. The van der Waals surface area contributed by atoms with Crippen LogP contribution in [0, 0.1) is 12.8 Å². The predicted molar refractivity (Wildman–Crippen MR) is 104 cm³/mol. The van der Waals surface area contributed by atoms with Crippen LogP contribution in [-0.4, -0.2) is 21.6 Å². The number of hydrogen-bond acceptors (Lipinski definition) is 5. The number of hydrogen-bond donors (Lipinski definition) is 0. The fraction of sp³-hybridized carbons (Fsp3) is 0.450. The van der Waals surface area contributed by atoms with E-state index in [1.165, 1.54) is 20.7 Å². The molecule has 0 unspecified atom stereocenters. The smallest absolute Gasteiger partial charge is 0.278 e. The van der Waals surface area contributed by atoms with Gasteiger partial charge in [-0.15, -0.1) is 16.4 Å². The third kappa shape index (κ3) is 3.38. The maximum Gasteiger partial charge on any atom is 0.278 e. The first-order valence-electron chi connectivity index (χ1n) is 9.19. The molecule has 0 fully saturated rings. The largest absolute Gasteiger partial charge is 0.494 e. The highest BCUT2D eigenvalue weighted by molar-refractivity contribution is 7.18. The maximum atomic E-state index is 12.9. The molecule has 1 aromatic carbocycles. The van der Waals surface area contributed by atoms with Gasteiger partial charge in [-0.1, -0.05) is 29.8 Å². The molecule has 26 heavy (non-hydrogen) atoms. The molecule has 1 aliphatic rings. The Balaban J connectivity index is 1.46. The second-order valence-electron chi connectivity index (χ2n) is 7.16. The summed E-state index contributed by atoms with van der Waals surface area (Å²) in [5.41, 5.74) is 2.42. The van der Waals surface area contributed by atoms with E-state index >= 15 is 0 Å². The fourth-order valence-corrected chi connectivity index (χ4v) is 4.80. The van der Waals surface area contributed by atoms with Crippen LogP contribution in [0.4, 0.5) is 0 Å². The number of aryl methyl sites for hydroxylation is 3. The molecule has 0 aliphatic heterocycles. The lowest BCUT2D eigenvalue weighted by Crippen LogP contribution is -2.25. The Morgan fingerprint density at radius 1 is 1.31 bits per heavy atom. The Bertz CT molecular complexity index is 975. The molecule has 2 aromatic heterocycles. The van der Waals surface area contributed by atoms with Gasteiger partial charge in [-0.05, 0) is 49.8 Å². The summed E-state index contributed by atoms with van der Waals surface area (Å²) in [6.45, 7) is 5.39. The average Bonchev–Trinajstić information content (AvgIpc) is 3.00. The zero-order chi connectivity index (χ0) is 18.1. The number of thiophene rings is 1. The summed E-state index contributed by atoms with van der Waals surface area (Å²) in [6.07, 6.45) is 3.90. The van der Waals surface area contributed by atoms with Gasteiger partial charge in [-0.3, -0.25) is 4.79 Å². The van der Waals surface area contributed by atoms with E-state index in [-0.39, 0.29) is 5.56 Å². The van der Waals surface area contributed by atoms with Gasteiger partial charge in [-0.2, -0.15) is 0 Å². The molecule has 0 amide bonds. The van der Waals surface area contributed by atoms with E-state index in [0.29, 0.717) is 19.1 Å². The van der Waals surface area contributed by atoms with Gasteiger partial charge in [0.2, 0.25) is 0 Å². The van der Waals surface area contributed by atoms with Crippen molar-refractivity contribution < 1.29 is 4.74 Å². The number of fused-ring (bicyclic) bond motifs is 3. The van der Waals surface area contributed by atoms with Crippen molar-refractivity contribution in [2.45, 2.75) is 46.1 Å². The van der Waals surface area contributed by atoms with Crippen LogP contribution in [0.25, 0.3) is 10.2 Å². The molecule has 0 saturated carbocycles. The molecule has 0 bridgehead atoms. The minimum Gasteiger partial charge on any atom is -0.494 e. The minimum atomic E-state index is -0.00242. The number of aromatic nitrogens is 3. The van der Waals surface area contributed by atoms with Crippen LogP contribution >= 0.6 is 11.3 Å². The van der Waals surface area contributed by atoms with Gasteiger partial charge in [0, 0.05) is 17.8 Å². The Kier molecular flexibility index (Phi) is 4.76. The van der Waals surface area contributed by atoms with Crippen LogP contribution in [0.2, 0.25) is 0 Å². The van der Waals surface area contributed by atoms with Crippen molar-refractivity contribution in [2.24, 2.45) is 5.92 Å². The standard InChI is InChI=1S/C20H23N3O2S/c1-13-4-7-15(8-5-13)25-11-3-10-23-20(24)18-16-9-6-14(2)12-17(16)26-19(18)21-22-23/h4-5,7-8,14H,3,6,9-12H2,1-2H3/t14-/m1/s1. The van der Waals surface area contributed by atoms with Crippen LogP contribution < -0.4 is 10.3 Å². The zero-order valence-corrected chi connectivity index (χ0v) is 16.0. The second-order valence-corrected chi connectivity index (χ2v) is 8.25. The van der Waals surface area contributed by atoms with E-state index in [2.05, 4.69) is 24.2 Å². The van der Waals surface area contributed by atoms with Gasteiger partial charge in [0.05, 0.1) is 12.0 Å². The Morgan fingerprint density at radius 2 is 2.12 bits per heavy atom. The molecule has 0 radical (unpaired) electrons. The first kappa shape index (κ1) is 17.2. The summed E-state index contributed by atoms with van der Waals surface area (Å²) in [6, 6.07) is 7.98. The molecule has 0 spiro atoms. The summed E-state index contributed by atoms with van der Waals surface area (Å²) < 4.78 is 7.23. The summed E-state index contributed by atoms with van der Waals surface area (Å²) in [5.74, 6) is 1.54. The fourth-order valence-electron chi connectivity index (χ4n) is 3.48. The predicted octanol–water partition coefficient (Wildman–Crippen LogP) is 3.76. The number of nitrogens with zero attached hydrogens (tertiary/aromatic N) is 3. The van der Waals surface area contributed by atoms with Crippen LogP contribution in [0.15, 0.2) is 29.1 Å². The lowest BCUT2D eigenvalue weighted by atomic mass is 9.89. The molecule has 0 saturated heterocycles. The van der Waals surface area contributed by atoms with E-state index in [1.807, 2.05) is 24.3 Å². The van der Waals surface area contributed by atoms with Crippen molar-refractivity contribution in [1.82, 2.24) is 15.0 Å². The van der Waals surface area contributed by atoms with E-state index in [4.69, 9.17) is 4.74 Å². The number of ether oxygens (including phenoxy) is 1. The van der Waals surface area contributed by atoms with Gasteiger partial charge < -0.3 is 4.74 Å². The summed E-state index contributed by atoms with van der Waals surface area (Å²) in [7, 11) is 0. The van der Waals surface area contributed by atoms with E-state index in [9.17, 15) is 4.79 Å². The van der Waals surface area contributed by atoms with Gasteiger partial charge in [0.15, 0.2) is 4.83 Å². The van der Waals surface area contributed by atoms with Crippen molar-refractivity contribution in [3.05, 3.63) is 50.6 Å². The molecule has 2 heterocycles. The van der Waals surface area contributed by atoms with Crippen molar-refractivity contribution in [2.75, 3.05) is 6.61 Å². The first-order chi connectivity index (χ1) is 12.6. The molecule has 3 aromatic rings. The molecule has 5 nitrogen and oxygen atoms in total. The lowest BCUT2D eigenvalue weighted by Gasteiger charge is -2.17. The van der Waals surface area contributed by atoms with Gasteiger partial charge in [0.1, 0.15) is 5.75 Å². The molecule has 1 aliphatic carbocycles. The summed E-state index contributed by atoms with van der Waals surface area (Å²) in [5, 5.41) is 9.24. The first-order valence-corrected chi connectivity index (χ1v) is 10.0. The Morgan fingerprint density at radius 3 is 2.92 bits per heavy atom. The van der Waals surface area contributed by atoms with Crippen molar-refractivity contribution >= 4 is 21.6 Å². The topological polar surface area (TPSA) is 57.0 Å². The van der Waals surface area contributed by atoms with Crippen LogP contribution in [-0.2, 0) is 19.4 Å². The SMILES string of the molecule is Cc1ccc(OCCCn2nnc3sc4c(c3c2=O)CC[C@@H](C)C4)cc1. The van der Waals surface area contributed by atoms with Crippen molar-refractivity contribution in [3.8, 4) is 5.75 Å². The summed E-state index contributed by atoms with van der Waals surface area (Å²) >= 11 is 1.64. The monoisotopic (exact) mass is 369 g/mol.